The zero-order valence-electron chi connectivity index (χ0n) is 16.0. The molecule has 5 nitrogen and oxygen atoms in total. The van der Waals surface area contributed by atoms with E-state index < -0.39 is 23.9 Å². The molecule has 1 amide bonds. The summed E-state index contributed by atoms with van der Waals surface area (Å²) in [4.78, 5) is 23.7. The van der Waals surface area contributed by atoms with E-state index in [9.17, 15) is 14.0 Å². The van der Waals surface area contributed by atoms with Crippen molar-refractivity contribution in [1.82, 2.24) is 5.32 Å². The molecule has 0 spiro atoms. The average Bonchev–Trinajstić information content (AvgIpc) is 3.05. The van der Waals surface area contributed by atoms with Gasteiger partial charge in [-0.05, 0) is 39.9 Å². The van der Waals surface area contributed by atoms with Crippen molar-refractivity contribution in [2.45, 2.75) is 18.4 Å². The van der Waals surface area contributed by atoms with Crippen LogP contribution in [-0.2, 0) is 9.53 Å². The van der Waals surface area contributed by atoms with Gasteiger partial charge in [-0.25, -0.2) is 9.18 Å². The van der Waals surface area contributed by atoms with Gasteiger partial charge in [-0.2, -0.15) is 0 Å². The van der Waals surface area contributed by atoms with E-state index in [1.807, 2.05) is 48.5 Å². The lowest BCUT2D eigenvalue weighted by atomic mass is 9.98. The fourth-order valence-electron chi connectivity index (χ4n) is 3.93. The SMILES string of the molecule is O=C(O)C[C@@H](NC(=O)OCC1c2ccccc2-c2ccccc21)c1cccc(F)c1. The third-order valence-corrected chi connectivity index (χ3v) is 5.27. The molecule has 6 heteroatoms. The Labute approximate surface area is 173 Å². The molecule has 4 rings (SSSR count). The van der Waals surface area contributed by atoms with E-state index in [1.165, 1.54) is 18.2 Å². The number of alkyl carbamates (subject to hydrolysis) is 1. The Bertz CT molecular complexity index is 1050. The molecular weight excluding hydrogens is 385 g/mol. The number of benzene rings is 3. The van der Waals surface area contributed by atoms with Crippen molar-refractivity contribution in [3.8, 4) is 11.1 Å². The number of ether oxygens (including phenoxy) is 1. The Balaban J connectivity index is 1.48. The molecule has 0 saturated heterocycles. The third kappa shape index (κ3) is 4.03. The minimum absolute atomic E-state index is 0.102. The fourth-order valence-corrected chi connectivity index (χ4v) is 3.93. The van der Waals surface area contributed by atoms with Gasteiger partial charge in [-0.15, -0.1) is 0 Å². The van der Waals surface area contributed by atoms with Crippen LogP contribution in [-0.4, -0.2) is 23.8 Å². The smallest absolute Gasteiger partial charge is 0.407 e. The van der Waals surface area contributed by atoms with Gasteiger partial charge in [0.25, 0.3) is 0 Å². The normalized spacial score (nSPS) is 13.2. The van der Waals surface area contributed by atoms with Crippen molar-refractivity contribution >= 4 is 12.1 Å². The molecule has 1 aliphatic carbocycles. The second-order valence-electron chi connectivity index (χ2n) is 7.18. The van der Waals surface area contributed by atoms with Gasteiger partial charge in [0.1, 0.15) is 12.4 Å². The molecule has 0 aromatic heterocycles. The van der Waals surface area contributed by atoms with E-state index in [2.05, 4.69) is 5.32 Å². The topological polar surface area (TPSA) is 75.6 Å². The van der Waals surface area contributed by atoms with E-state index in [-0.39, 0.29) is 18.9 Å². The third-order valence-electron chi connectivity index (χ3n) is 5.27. The maximum Gasteiger partial charge on any atom is 0.407 e. The molecule has 0 unspecified atom stereocenters. The number of carbonyl (C=O) groups excluding carboxylic acids is 1. The predicted octanol–water partition coefficient (Wildman–Crippen LogP) is 4.88. The lowest BCUT2D eigenvalue weighted by Crippen LogP contribution is -2.31. The number of hydrogen-bond acceptors (Lipinski definition) is 3. The van der Waals surface area contributed by atoms with Crippen LogP contribution in [0.25, 0.3) is 11.1 Å². The van der Waals surface area contributed by atoms with E-state index in [0.29, 0.717) is 5.56 Å². The minimum atomic E-state index is -1.11. The minimum Gasteiger partial charge on any atom is -0.481 e. The number of carbonyl (C=O) groups is 2. The monoisotopic (exact) mass is 405 g/mol. The van der Waals surface area contributed by atoms with Crippen molar-refractivity contribution in [3.63, 3.8) is 0 Å². The van der Waals surface area contributed by atoms with Crippen molar-refractivity contribution in [3.05, 3.63) is 95.3 Å². The van der Waals surface area contributed by atoms with E-state index >= 15 is 0 Å². The largest absolute Gasteiger partial charge is 0.481 e. The van der Waals surface area contributed by atoms with Crippen LogP contribution < -0.4 is 5.32 Å². The lowest BCUT2D eigenvalue weighted by molar-refractivity contribution is -0.137. The van der Waals surface area contributed by atoms with Gasteiger partial charge in [0.05, 0.1) is 12.5 Å². The number of hydrogen-bond donors (Lipinski definition) is 2. The van der Waals surface area contributed by atoms with Crippen molar-refractivity contribution in [2.75, 3.05) is 6.61 Å². The van der Waals surface area contributed by atoms with Crippen LogP contribution in [0.3, 0.4) is 0 Å². The molecule has 0 aliphatic heterocycles. The van der Waals surface area contributed by atoms with Gasteiger partial charge in [0, 0.05) is 5.92 Å². The van der Waals surface area contributed by atoms with Gasteiger partial charge in [0.2, 0.25) is 0 Å². The molecule has 30 heavy (non-hydrogen) atoms. The number of amides is 1. The summed E-state index contributed by atoms with van der Waals surface area (Å²) in [7, 11) is 0. The Hall–Kier alpha value is -3.67. The first kappa shape index (κ1) is 19.6. The second-order valence-corrected chi connectivity index (χ2v) is 7.18. The first-order valence-corrected chi connectivity index (χ1v) is 9.61. The standard InChI is InChI=1S/C24H20FNO4/c25-16-7-5-6-15(12-16)22(13-23(27)28)26-24(29)30-14-21-19-10-3-1-8-17(19)18-9-2-4-11-20(18)21/h1-12,21-22H,13-14H2,(H,26,29)(H,27,28)/t22-/m1/s1. The maximum atomic E-state index is 13.5. The van der Waals surface area contributed by atoms with Gasteiger partial charge in [0.15, 0.2) is 0 Å². The highest BCUT2D eigenvalue weighted by atomic mass is 19.1. The average molecular weight is 405 g/mol. The van der Waals surface area contributed by atoms with Gasteiger partial charge in [-0.1, -0.05) is 60.7 Å². The molecule has 0 saturated carbocycles. The summed E-state index contributed by atoms with van der Waals surface area (Å²) in [6.45, 7) is 0.114. The Morgan fingerprint density at radius 1 is 0.967 bits per heavy atom. The molecule has 0 fully saturated rings. The zero-order valence-corrected chi connectivity index (χ0v) is 16.0. The van der Waals surface area contributed by atoms with E-state index in [4.69, 9.17) is 9.84 Å². The van der Waals surface area contributed by atoms with E-state index in [1.54, 1.807) is 6.07 Å². The van der Waals surface area contributed by atoms with Crippen LogP contribution >= 0.6 is 0 Å². The lowest BCUT2D eigenvalue weighted by Gasteiger charge is -2.19. The highest BCUT2D eigenvalue weighted by Gasteiger charge is 2.29. The van der Waals surface area contributed by atoms with Gasteiger partial charge in [-0.3, -0.25) is 4.79 Å². The molecule has 0 heterocycles. The highest BCUT2D eigenvalue weighted by Crippen LogP contribution is 2.44. The van der Waals surface area contributed by atoms with E-state index in [0.717, 1.165) is 22.3 Å². The summed E-state index contributed by atoms with van der Waals surface area (Å²) in [6, 6.07) is 20.6. The first-order chi connectivity index (χ1) is 14.5. The van der Waals surface area contributed by atoms with Crippen LogP contribution in [0.15, 0.2) is 72.8 Å². The number of carboxylic acids is 1. The number of carboxylic acid groups (broad SMARTS) is 1. The van der Waals surface area contributed by atoms with Crippen LogP contribution in [0.1, 0.15) is 35.1 Å². The second kappa shape index (κ2) is 8.37. The van der Waals surface area contributed by atoms with Crippen molar-refractivity contribution in [2.24, 2.45) is 0 Å². The van der Waals surface area contributed by atoms with Gasteiger partial charge < -0.3 is 15.2 Å². The number of fused-ring (bicyclic) bond motifs is 3. The summed E-state index contributed by atoms with van der Waals surface area (Å²) < 4.78 is 19.0. The molecular formula is C24H20FNO4. The predicted molar refractivity (Wildman–Crippen MR) is 110 cm³/mol. The summed E-state index contributed by atoms with van der Waals surface area (Å²) in [6.07, 6.45) is -1.12. The summed E-state index contributed by atoms with van der Waals surface area (Å²) in [5.41, 5.74) is 4.76. The summed E-state index contributed by atoms with van der Waals surface area (Å²) in [5.74, 6) is -1.71. The van der Waals surface area contributed by atoms with Crippen LogP contribution in [0.2, 0.25) is 0 Å². The molecule has 0 bridgehead atoms. The molecule has 0 radical (unpaired) electrons. The molecule has 1 aliphatic rings. The molecule has 3 aromatic carbocycles. The fraction of sp³-hybridized carbons (Fsp3) is 0.167. The Morgan fingerprint density at radius 2 is 1.60 bits per heavy atom. The highest BCUT2D eigenvalue weighted by molar-refractivity contribution is 5.79. The first-order valence-electron chi connectivity index (χ1n) is 9.61. The molecule has 1 atom stereocenters. The number of aliphatic carboxylic acids is 1. The number of halogens is 1. The van der Waals surface area contributed by atoms with Crippen molar-refractivity contribution in [1.29, 1.82) is 0 Å². The number of nitrogens with one attached hydrogen (secondary N) is 1. The van der Waals surface area contributed by atoms with Crippen LogP contribution in [0.5, 0.6) is 0 Å². The Morgan fingerprint density at radius 3 is 2.20 bits per heavy atom. The summed E-state index contributed by atoms with van der Waals surface area (Å²) in [5, 5.41) is 11.7. The Kier molecular flexibility index (Phi) is 5.48. The van der Waals surface area contributed by atoms with Crippen LogP contribution in [0, 0.1) is 5.82 Å². The maximum absolute atomic E-state index is 13.5. The molecule has 3 aromatic rings. The number of rotatable bonds is 6. The molecule has 2 N–H and O–H groups in total. The summed E-state index contributed by atoms with van der Waals surface area (Å²) >= 11 is 0. The van der Waals surface area contributed by atoms with Crippen molar-refractivity contribution < 1.29 is 23.8 Å². The van der Waals surface area contributed by atoms with Gasteiger partial charge >= 0.3 is 12.1 Å². The zero-order chi connectivity index (χ0) is 21.1. The molecule has 152 valence electrons. The quantitative estimate of drug-likeness (QED) is 0.613. The van der Waals surface area contributed by atoms with Crippen LogP contribution in [0.4, 0.5) is 9.18 Å².